The molecule has 1 aromatic carbocycles. The summed E-state index contributed by atoms with van der Waals surface area (Å²) in [4.78, 5) is 2.63. The molecule has 3 nitrogen and oxygen atoms in total. The van der Waals surface area contributed by atoms with Crippen molar-refractivity contribution in [3.05, 3.63) is 35.9 Å². The lowest BCUT2D eigenvalue weighted by molar-refractivity contribution is -0.0725. The third-order valence-electron chi connectivity index (χ3n) is 5.77. The number of nitrogens with one attached hydrogen (secondary N) is 1. The molecule has 1 aromatic rings. The van der Waals surface area contributed by atoms with Gasteiger partial charge in [-0.05, 0) is 44.1 Å². The predicted octanol–water partition coefficient (Wildman–Crippen LogP) is 3.02. The van der Waals surface area contributed by atoms with Crippen LogP contribution in [0.25, 0.3) is 0 Å². The van der Waals surface area contributed by atoms with E-state index >= 15 is 0 Å². The molecule has 2 aliphatic carbocycles. The number of rotatable bonds is 6. The van der Waals surface area contributed by atoms with Crippen LogP contribution in [-0.2, 0) is 4.74 Å². The van der Waals surface area contributed by atoms with E-state index in [1.807, 2.05) is 0 Å². The van der Waals surface area contributed by atoms with Crippen LogP contribution in [0.2, 0.25) is 0 Å². The Morgan fingerprint density at radius 1 is 1.13 bits per heavy atom. The minimum atomic E-state index is 0.383. The van der Waals surface area contributed by atoms with Gasteiger partial charge >= 0.3 is 0 Å². The van der Waals surface area contributed by atoms with Crippen LogP contribution in [0.4, 0.5) is 0 Å². The van der Waals surface area contributed by atoms with E-state index in [-0.39, 0.29) is 0 Å². The number of hydrogen-bond donors (Lipinski definition) is 1. The van der Waals surface area contributed by atoms with E-state index in [0.717, 1.165) is 19.0 Å². The smallest absolute Gasteiger partial charge is 0.0678 e. The SMILES string of the molecule is C[C@@H]1CN(CC2(CN[C@H]3C[C@@H]3c3ccccc3)CC2)C[C@H](C)O1. The number of benzene rings is 1. The molecule has 3 fully saturated rings. The summed E-state index contributed by atoms with van der Waals surface area (Å²) in [6, 6.07) is 11.7. The number of nitrogens with zero attached hydrogens (tertiary/aromatic N) is 1. The van der Waals surface area contributed by atoms with Crippen molar-refractivity contribution < 1.29 is 4.74 Å². The van der Waals surface area contributed by atoms with Gasteiger partial charge in [-0.3, -0.25) is 4.90 Å². The fraction of sp³-hybridized carbons (Fsp3) is 0.700. The first-order chi connectivity index (χ1) is 11.1. The van der Waals surface area contributed by atoms with Gasteiger partial charge in [0, 0.05) is 38.1 Å². The summed E-state index contributed by atoms with van der Waals surface area (Å²) >= 11 is 0. The topological polar surface area (TPSA) is 24.5 Å². The van der Waals surface area contributed by atoms with Crippen molar-refractivity contribution in [2.24, 2.45) is 5.41 Å². The van der Waals surface area contributed by atoms with Crippen LogP contribution >= 0.6 is 0 Å². The van der Waals surface area contributed by atoms with Crippen LogP contribution in [0.3, 0.4) is 0 Å². The van der Waals surface area contributed by atoms with E-state index in [1.54, 1.807) is 0 Å². The Bertz CT molecular complexity index is 518. The molecule has 1 saturated heterocycles. The van der Waals surface area contributed by atoms with Gasteiger partial charge in [-0.2, -0.15) is 0 Å². The van der Waals surface area contributed by atoms with E-state index in [1.165, 1.54) is 37.9 Å². The third-order valence-corrected chi connectivity index (χ3v) is 5.77. The molecule has 1 heterocycles. The molecule has 3 heteroatoms. The van der Waals surface area contributed by atoms with E-state index in [0.29, 0.717) is 23.7 Å². The van der Waals surface area contributed by atoms with Gasteiger partial charge in [0.1, 0.15) is 0 Å². The number of ether oxygens (including phenoxy) is 1. The zero-order chi connectivity index (χ0) is 15.9. The van der Waals surface area contributed by atoms with Gasteiger partial charge in [0.05, 0.1) is 12.2 Å². The minimum Gasteiger partial charge on any atom is -0.373 e. The summed E-state index contributed by atoms with van der Waals surface area (Å²) in [6.45, 7) is 9.05. The Balaban J connectivity index is 1.25. The van der Waals surface area contributed by atoms with Gasteiger partial charge in [0.15, 0.2) is 0 Å². The van der Waals surface area contributed by atoms with Crippen molar-refractivity contribution >= 4 is 0 Å². The van der Waals surface area contributed by atoms with Gasteiger partial charge < -0.3 is 10.1 Å². The van der Waals surface area contributed by atoms with Crippen molar-refractivity contribution in [2.75, 3.05) is 26.2 Å². The van der Waals surface area contributed by atoms with Gasteiger partial charge in [0.2, 0.25) is 0 Å². The highest BCUT2D eigenvalue weighted by Gasteiger charge is 2.47. The second kappa shape index (κ2) is 6.19. The molecule has 1 N–H and O–H groups in total. The van der Waals surface area contributed by atoms with Gasteiger partial charge in [0.25, 0.3) is 0 Å². The molecule has 4 rings (SSSR count). The molecule has 0 unspecified atom stereocenters. The molecule has 23 heavy (non-hydrogen) atoms. The lowest BCUT2D eigenvalue weighted by atomic mass is 10.0. The Hall–Kier alpha value is -0.900. The van der Waals surface area contributed by atoms with E-state index in [9.17, 15) is 0 Å². The molecule has 0 amide bonds. The summed E-state index contributed by atoms with van der Waals surface area (Å²) < 4.78 is 5.87. The molecule has 1 aliphatic heterocycles. The predicted molar refractivity (Wildman–Crippen MR) is 93.7 cm³/mol. The molecule has 0 bridgehead atoms. The number of hydrogen-bond acceptors (Lipinski definition) is 3. The van der Waals surface area contributed by atoms with Crippen LogP contribution in [0.15, 0.2) is 30.3 Å². The molecular weight excluding hydrogens is 284 g/mol. The summed E-state index contributed by atoms with van der Waals surface area (Å²) in [5, 5.41) is 3.86. The summed E-state index contributed by atoms with van der Waals surface area (Å²) in [6.07, 6.45) is 4.86. The summed E-state index contributed by atoms with van der Waals surface area (Å²) in [7, 11) is 0. The maximum absolute atomic E-state index is 5.87. The largest absolute Gasteiger partial charge is 0.373 e. The molecule has 0 aromatic heterocycles. The average molecular weight is 314 g/mol. The molecule has 0 spiro atoms. The zero-order valence-corrected chi connectivity index (χ0v) is 14.5. The Kier molecular flexibility index (Phi) is 4.21. The normalized spacial score (nSPS) is 35.9. The van der Waals surface area contributed by atoms with E-state index < -0.39 is 0 Å². The molecule has 126 valence electrons. The highest BCUT2D eigenvalue weighted by molar-refractivity contribution is 5.27. The summed E-state index contributed by atoms with van der Waals surface area (Å²) in [5.74, 6) is 0.746. The van der Waals surface area contributed by atoms with Gasteiger partial charge in [-0.25, -0.2) is 0 Å². The zero-order valence-electron chi connectivity index (χ0n) is 14.5. The number of morpholine rings is 1. The molecule has 4 atom stereocenters. The van der Waals surface area contributed by atoms with Crippen LogP contribution in [0.5, 0.6) is 0 Å². The first-order valence-electron chi connectivity index (χ1n) is 9.30. The van der Waals surface area contributed by atoms with Crippen LogP contribution < -0.4 is 5.32 Å². The standard InChI is InChI=1S/C20H30N2O/c1-15-11-22(12-16(2)23-15)14-20(8-9-20)13-21-19-10-18(19)17-6-4-3-5-7-17/h3-7,15-16,18-19,21H,8-14H2,1-2H3/t15-,16+,18-,19+/m1/s1. The Labute approximate surface area is 140 Å². The van der Waals surface area contributed by atoms with Crippen molar-refractivity contribution in [3.63, 3.8) is 0 Å². The maximum atomic E-state index is 5.87. The van der Waals surface area contributed by atoms with Crippen LogP contribution in [0, 0.1) is 5.41 Å². The fourth-order valence-electron chi connectivity index (χ4n) is 4.29. The van der Waals surface area contributed by atoms with E-state index in [2.05, 4.69) is 54.4 Å². The molecule has 0 radical (unpaired) electrons. The quantitative estimate of drug-likeness (QED) is 0.873. The summed E-state index contributed by atoms with van der Waals surface area (Å²) in [5.41, 5.74) is 2.05. The van der Waals surface area contributed by atoms with Crippen LogP contribution in [0.1, 0.15) is 44.6 Å². The molecular formula is C20H30N2O. The maximum Gasteiger partial charge on any atom is 0.0678 e. The highest BCUT2D eigenvalue weighted by atomic mass is 16.5. The minimum absolute atomic E-state index is 0.383. The lowest BCUT2D eigenvalue weighted by Gasteiger charge is -2.37. The second-order valence-corrected chi connectivity index (χ2v) is 8.19. The fourth-order valence-corrected chi connectivity index (χ4v) is 4.29. The monoisotopic (exact) mass is 314 g/mol. The van der Waals surface area contributed by atoms with Gasteiger partial charge in [-0.15, -0.1) is 0 Å². The second-order valence-electron chi connectivity index (χ2n) is 8.19. The van der Waals surface area contributed by atoms with Gasteiger partial charge in [-0.1, -0.05) is 30.3 Å². The van der Waals surface area contributed by atoms with Crippen LogP contribution in [-0.4, -0.2) is 49.3 Å². The average Bonchev–Trinajstić information content (AvgIpc) is 3.41. The van der Waals surface area contributed by atoms with Crippen molar-refractivity contribution in [1.29, 1.82) is 0 Å². The third kappa shape index (κ3) is 3.78. The first kappa shape index (κ1) is 15.6. The lowest BCUT2D eigenvalue weighted by Crippen LogP contribution is -2.48. The molecule has 3 aliphatic rings. The van der Waals surface area contributed by atoms with Crippen molar-refractivity contribution in [1.82, 2.24) is 10.2 Å². The Morgan fingerprint density at radius 3 is 2.48 bits per heavy atom. The Morgan fingerprint density at radius 2 is 1.83 bits per heavy atom. The van der Waals surface area contributed by atoms with Crippen molar-refractivity contribution in [2.45, 2.75) is 57.3 Å². The highest BCUT2D eigenvalue weighted by Crippen LogP contribution is 2.48. The van der Waals surface area contributed by atoms with Crippen molar-refractivity contribution in [3.8, 4) is 0 Å². The molecule has 2 saturated carbocycles. The van der Waals surface area contributed by atoms with E-state index in [4.69, 9.17) is 4.74 Å². The first-order valence-corrected chi connectivity index (χ1v) is 9.30.